The molecule has 0 saturated carbocycles. The Morgan fingerprint density at radius 1 is 0.816 bits per heavy atom. The summed E-state index contributed by atoms with van der Waals surface area (Å²) in [6.07, 6.45) is -2.97. The van der Waals surface area contributed by atoms with E-state index < -0.39 is 11.7 Å². The minimum atomic E-state index is -4.37. The van der Waals surface area contributed by atoms with E-state index in [-0.39, 0.29) is 11.8 Å². The minimum Gasteiger partial charge on any atom is -0.378 e. The summed E-state index contributed by atoms with van der Waals surface area (Å²) in [6.45, 7) is 4.54. The number of hydrogen-bond donors (Lipinski definition) is 2. The second-order valence-electron chi connectivity index (χ2n) is 9.37. The Kier molecular flexibility index (Phi) is 7.64. The van der Waals surface area contributed by atoms with Crippen LogP contribution >= 0.6 is 0 Å². The Balaban J connectivity index is 1.09. The van der Waals surface area contributed by atoms with Gasteiger partial charge in [-0.05, 0) is 73.5 Å². The van der Waals surface area contributed by atoms with Crippen LogP contribution in [0, 0.1) is 5.92 Å². The van der Waals surface area contributed by atoms with Crippen LogP contribution in [0.15, 0.2) is 60.7 Å². The first-order valence-electron chi connectivity index (χ1n) is 12.6. The maximum atomic E-state index is 12.8. The fraction of sp³-hybridized carbons (Fsp3) is 0.370. The van der Waals surface area contributed by atoms with Gasteiger partial charge >= 0.3 is 6.18 Å². The van der Waals surface area contributed by atoms with Gasteiger partial charge in [0.1, 0.15) is 0 Å². The number of amides is 1. The molecule has 2 aliphatic heterocycles. The van der Waals surface area contributed by atoms with Crippen molar-refractivity contribution >= 4 is 34.6 Å². The predicted molar refractivity (Wildman–Crippen MR) is 140 cm³/mol. The maximum absolute atomic E-state index is 12.8. The first kappa shape index (κ1) is 25.8. The Hall–Kier alpha value is -3.86. The fourth-order valence-electron chi connectivity index (χ4n) is 4.64. The summed E-state index contributed by atoms with van der Waals surface area (Å²) in [5, 5.41) is 14.4. The summed E-state index contributed by atoms with van der Waals surface area (Å²) in [5.74, 6) is 1.06. The van der Waals surface area contributed by atoms with Crippen molar-refractivity contribution in [1.29, 1.82) is 0 Å². The summed E-state index contributed by atoms with van der Waals surface area (Å²) in [4.78, 5) is 17.2. The zero-order valence-corrected chi connectivity index (χ0v) is 20.7. The average molecular weight is 527 g/mol. The van der Waals surface area contributed by atoms with Gasteiger partial charge in [0.25, 0.3) is 0 Å². The highest BCUT2D eigenvalue weighted by molar-refractivity contribution is 5.92. The highest BCUT2D eigenvalue weighted by Crippen LogP contribution is 2.30. The molecule has 2 N–H and O–H groups in total. The van der Waals surface area contributed by atoms with Gasteiger partial charge in [-0.3, -0.25) is 4.79 Å². The lowest BCUT2D eigenvalue weighted by Gasteiger charge is -2.32. The fourth-order valence-corrected chi connectivity index (χ4v) is 4.64. The average Bonchev–Trinajstić information content (AvgIpc) is 2.94. The summed E-state index contributed by atoms with van der Waals surface area (Å²) >= 11 is 0. The summed E-state index contributed by atoms with van der Waals surface area (Å²) in [7, 11) is 0. The minimum absolute atomic E-state index is 0.0194. The van der Waals surface area contributed by atoms with Crippen LogP contribution in [0.3, 0.4) is 0 Å². The molecule has 2 fully saturated rings. The number of ether oxygens (including phenoxy) is 1. The zero-order chi connectivity index (χ0) is 26.5. The van der Waals surface area contributed by atoms with E-state index in [1.54, 1.807) is 6.07 Å². The number of benzene rings is 2. The van der Waals surface area contributed by atoms with Gasteiger partial charge < -0.3 is 25.2 Å². The number of carbonyl (C=O) groups is 1. The largest absolute Gasteiger partial charge is 0.416 e. The van der Waals surface area contributed by atoms with Gasteiger partial charge in [-0.2, -0.15) is 13.2 Å². The molecule has 0 aliphatic carbocycles. The standard InChI is InChI=1S/C27H29F3N6O2/c28-27(29,30)20-1-3-21(4-2-20)31-24-9-10-25(34-33-24)36-13-11-19(12-14-36)26(37)32-22-5-7-23(8-6-22)35-15-17-38-18-16-35/h1-10,19H,11-18H2,(H,31,33)(H,32,37). The molecule has 8 nitrogen and oxygen atoms in total. The lowest BCUT2D eigenvalue weighted by atomic mass is 9.96. The Morgan fingerprint density at radius 3 is 2.08 bits per heavy atom. The van der Waals surface area contributed by atoms with E-state index in [4.69, 9.17) is 4.74 Å². The Bertz CT molecular complexity index is 1210. The van der Waals surface area contributed by atoms with Crippen molar-refractivity contribution in [2.24, 2.45) is 5.92 Å². The molecule has 2 aliphatic rings. The molecule has 0 bridgehead atoms. The van der Waals surface area contributed by atoms with E-state index in [1.165, 1.54) is 12.1 Å². The molecule has 2 saturated heterocycles. The molecule has 200 valence electrons. The number of carbonyl (C=O) groups excluding carboxylic acids is 1. The number of rotatable bonds is 6. The lowest BCUT2D eigenvalue weighted by Crippen LogP contribution is -2.38. The van der Waals surface area contributed by atoms with Gasteiger partial charge in [0.15, 0.2) is 11.6 Å². The third-order valence-electron chi connectivity index (χ3n) is 6.84. The zero-order valence-electron chi connectivity index (χ0n) is 20.7. The van der Waals surface area contributed by atoms with Crippen molar-refractivity contribution < 1.29 is 22.7 Å². The number of piperidine rings is 1. The van der Waals surface area contributed by atoms with Gasteiger partial charge in [-0.15, -0.1) is 10.2 Å². The summed E-state index contributed by atoms with van der Waals surface area (Å²) in [6, 6.07) is 16.2. The van der Waals surface area contributed by atoms with Gasteiger partial charge in [0.05, 0.1) is 18.8 Å². The summed E-state index contributed by atoms with van der Waals surface area (Å²) < 4.78 is 43.6. The van der Waals surface area contributed by atoms with Gasteiger partial charge in [-0.1, -0.05) is 0 Å². The molecule has 3 heterocycles. The Morgan fingerprint density at radius 2 is 1.47 bits per heavy atom. The summed E-state index contributed by atoms with van der Waals surface area (Å²) in [5.41, 5.74) is 1.70. The highest BCUT2D eigenvalue weighted by Gasteiger charge is 2.30. The first-order chi connectivity index (χ1) is 18.3. The van der Waals surface area contributed by atoms with Crippen molar-refractivity contribution in [1.82, 2.24) is 10.2 Å². The molecule has 1 amide bonds. The van der Waals surface area contributed by atoms with Crippen LogP contribution in [0.1, 0.15) is 18.4 Å². The van der Waals surface area contributed by atoms with Crippen molar-refractivity contribution in [3.8, 4) is 0 Å². The quantitative estimate of drug-likeness (QED) is 0.471. The third kappa shape index (κ3) is 6.34. The highest BCUT2D eigenvalue weighted by atomic mass is 19.4. The van der Waals surface area contributed by atoms with E-state index in [0.29, 0.717) is 43.3 Å². The second kappa shape index (κ2) is 11.3. The van der Waals surface area contributed by atoms with Crippen LogP contribution in [0.25, 0.3) is 0 Å². The third-order valence-corrected chi connectivity index (χ3v) is 6.84. The van der Waals surface area contributed by atoms with Crippen LogP contribution in [0.5, 0.6) is 0 Å². The first-order valence-corrected chi connectivity index (χ1v) is 12.6. The number of morpholine rings is 1. The molecule has 0 spiro atoms. The number of halogens is 3. The van der Waals surface area contributed by atoms with Gasteiger partial charge in [-0.25, -0.2) is 0 Å². The number of nitrogens with zero attached hydrogens (tertiary/aromatic N) is 4. The lowest BCUT2D eigenvalue weighted by molar-refractivity contribution is -0.137. The normalized spacial score (nSPS) is 16.8. The van der Waals surface area contributed by atoms with Crippen LogP contribution in [0.2, 0.25) is 0 Å². The molecule has 3 aromatic rings. The smallest absolute Gasteiger partial charge is 0.378 e. The van der Waals surface area contributed by atoms with Crippen LogP contribution in [-0.2, 0) is 15.7 Å². The van der Waals surface area contributed by atoms with Gasteiger partial charge in [0, 0.05) is 49.2 Å². The molecule has 0 unspecified atom stereocenters. The van der Waals surface area contributed by atoms with Crippen molar-refractivity contribution in [3.05, 3.63) is 66.2 Å². The van der Waals surface area contributed by atoms with Crippen LogP contribution < -0.4 is 20.4 Å². The van der Waals surface area contributed by atoms with Crippen molar-refractivity contribution in [2.75, 3.05) is 59.8 Å². The predicted octanol–water partition coefficient (Wildman–Crippen LogP) is 4.93. The molecule has 5 rings (SSSR count). The number of aromatic nitrogens is 2. The molecular weight excluding hydrogens is 497 g/mol. The van der Waals surface area contributed by atoms with E-state index in [1.807, 2.05) is 30.3 Å². The molecular formula is C27H29F3N6O2. The molecule has 11 heteroatoms. The monoisotopic (exact) mass is 526 g/mol. The number of nitrogens with one attached hydrogen (secondary N) is 2. The molecule has 38 heavy (non-hydrogen) atoms. The molecule has 0 radical (unpaired) electrons. The number of alkyl halides is 3. The van der Waals surface area contributed by atoms with E-state index in [9.17, 15) is 18.0 Å². The van der Waals surface area contributed by atoms with Crippen LogP contribution in [0.4, 0.5) is 41.9 Å². The van der Waals surface area contributed by atoms with E-state index >= 15 is 0 Å². The second-order valence-corrected chi connectivity index (χ2v) is 9.37. The molecule has 1 aromatic heterocycles. The van der Waals surface area contributed by atoms with Crippen molar-refractivity contribution in [3.63, 3.8) is 0 Å². The van der Waals surface area contributed by atoms with E-state index in [0.717, 1.165) is 49.8 Å². The molecule has 2 aromatic carbocycles. The number of anilines is 5. The maximum Gasteiger partial charge on any atom is 0.416 e. The number of hydrogen-bond acceptors (Lipinski definition) is 7. The topological polar surface area (TPSA) is 82.6 Å². The Labute approximate surface area is 218 Å². The van der Waals surface area contributed by atoms with Gasteiger partial charge in [0.2, 0.25) is 5.91 Å². The SMILES string of the molecule is O=C(Nc1ccc(N2CCOCC2)cc1)C1CCN(c2ccc(Nc3ccc(C(F)(F)F)cc3)nn2)CC1. The van der Waals surface area contributed by atoms with Crippen molar-refractivity contribution in [2.45, 2.75) is 19.0 Å². The van der Waals surface area contributed by atoms with Crippen LogP contribution in [-0.4, -0.2) is 55.5 Å². The van der Waals surface area contributed by atoms with E-state index in [2.05, 4.69) is 30.6 Å². The molecule has 0 atom stereocenters.